The number of carbonyl (C=O) groups excluding carboxylic acids is 1. The van der Waals surface area contributed by atoms with Crippen molar-refractivity contribution in [3.05, 3.63) is 23.8 Å². The molecule has 14 heavy (non-hydrogen) atoms. The van der Waals surface area contributed by atoms with E-state index in [1.807, 2.05) is 18.2 Å². The Balaban J connectivity index is 2.24. The van der Waals surface area contributed by atoms with Crippen LogP contribution < -0.4 is 10.6 Å². The van der Waals surface area contributed by atoms with E-state index in [0.717, 1.165) is 25.1 Å². The van der Waals surface area contributed by atoms with Gasteiger partial charge in [0.2, 0.25) is 5.91 Å². The van der Waals surface area contributed by atoms with Crippen molar-refractivity contribution in [1.29, 1.82) is 0 Å². The van der Waals surface area contributed by atoms with E-state index in [2.05, 4.69) is 10.6 Å². The molecule has 0 atom stereocenters. The molecule has 1 aliphatic rings. The van der Waals surface area contributed by atoms with E-state index in [4.69, 9.17) is 0 Å². The zero-order valence-electron chi connectivity index (χ0n) is 8.26. The summed E-state index contributed by atoms with van der Waals surface area (Å²) in [5.41, 5.74) is 3.38. The molecule has 1 amide bonds. The third kappa shape index (κ3) is 1.87. The third-order valence-corrected chi connectivity index (χ3v) is 2.36. The van der Waals surface area contributed by atoms with Crippen LogP contribution in [0.2, 0.25) is 0 Å². The maximum Gasteiger partial charge on any atom is 0.221 e. The van der Waals surface area contributed by atoms with Crippen LogP contribution in [-0.4, -0.2) is 12.5 Å². The third-order valence-electron chi connectivity index (χ3n) is 2.36. The molecule has 0 aromatic heterocycles. The topological polar surface area (TPSA) is 41.1 Å². The summed E-state index contributed by atoms with van der Waals surface area (Å²) in [5.74, 6) is -0.0197. The first-order chi connectivity index (χ1) is 6.75. The Hall–Kier alpha value is -1.51. The predicted molar refractivity (Wildman–Crippen MR) is 57.6 cm³/mol. The van der Waals surface area contributed by atoms with Gasteiger partial charge in [0.05, 0.1) is 0 Å². The second-order valence-electron chi connectivity index (χ2n) is 3.58. The van der Waals surface area contributed by atoms with Gasteiger partial charge in [-0.2, -0.15) is 0 Å². The maximum atomic E-state index is 10.9. The van der Waals surface area contributed by atoms with Crippen molar-refractivity contribution in [2.45, 2.75) is 19.8 Å². The van der Waals surface area contributed by atoms with Gasteiger partial charge in [0, 0.05) is 24.8 Å². The fourth-order valence-electron chi connectivity index (χ4n) is 1.76. The van der Waals surface area contributed by atoms with Gasteiger partial charge in [-0.25, -0.2) is 0 Å². The molecular formula is C11H14N2O. The molecule has 3 heteroatoms. The van der Waals surface area contributed by atoms with Gasteiger partial charge >= 0.3 is 0 Å². The summed E-state index contributed by atoms with van der Waals surface area (Å²) in [6.45, 7) is 2.57. The molecule has 2 N–H and O–H groups in total. The molecule has 0 aliphatic carbocycles. The van der Waals surface area contributed by atoms with Crippen molar-refractivity contribution >= 4 is 17.3 Å². The molecule has 0 fully saturated rings. The van der Waals surface area contributed by atoms with Gasteiger partial charge in [0.15, 0.2) is 0 Å². The average Bonchev–Trinajstić information content (AvgIpc) is 2.17. The van der Waals surface area contributed by atoms with Crippen molar-refractivity contribution in [1.82, 2.24) is 0 Å². The Morgan fingerprint density at radius 2 is 2.36 bits per heavy atom. The number of benzene rings is 1. The summed E-state index contributed by atoms with van der Waals surface area (Å²) in [5, 5.41) is 6.12. The lowest BCUT2D eigenvalue weighted by atomic mass is 10.0. The second-order valence-corrected chi connectivity index (χ2v) is 3.58. The first-order valence-corrected chi connectivity index (χ1v) is 4.90. The summed E-state index contributed by atoms with van der Waals surface area (Å²) in [6, 6.07) is 6.00. The highest BCUT2D eigenvalue weighted by Gasteiger charge is 2.08. The molecule has 3 nitrogen and oxygen atoms in total. The molecular weight excluding hydrogens is 176 g/mol. The summed E-state index contributed by atoms with van der Waals surface area (Å²) in [6.07, 6.45) is 2.26. The average molecular weight is 190 g/mol. The highest BCUT2D eigenvalue weighted by molar-refractivity contribution is 5.89. The number of aryl methyl sites for hydroxylation is 1. The minimum Gasteiger partial charge on any atom is -0.385 e. The summed E-state index contributed by atoms with van der Waals surface area (Å²) in [7, 11) is 0. The monoisotopic (exact) mass is 190 g/mol. The lowest BCUT2D eigenvalue weighted by Gasteiger charge is -2.18. The van der Waals surface area contributed by atoms with Crippen molar-refractivity contribution < 1.29 is 4.79 Å². The van der Waals surface area contributed by atoms with Gasteiger partial charge in [-0.05, 0) is 36.6 Å². The molecule has 0 radical (unpaired) electrons. The molecule has 0 spiro atoms. The van der Waals surface area contributed by atoms with Crippen LogP contribution in [0.15, 0.2) is 18.2 Å². The maximum absolute atomic E-state index is 10.9. The molecule has 0 saturated heterocycles. The first-order valence-electron chi connectivity index (χ1n) is 4.90. The number of anilines is 2. The number of rotatable bonds is 1. The van der Waals surface area contributed by atoms with Gasteiger partial charge < -0.3 is 10.6 Å². The van der Waals surface area contributed by atoms with Crippen molar-refractivity contribution in [2.75, 3.05) is 17.2 Å². The zero-order valence-corrected chi connectivity index (χ0v) is 8.26. The van der Waals surface area contributed by atoms with E-state index < -0.39 is 0 Å². The smallest absolute Gasteiger partial charge is 0.221 e. The highest BCUT2D eigenvalue weighted by atomic mass is 16.1. The SMILES string of the molecule is CC(=O)Nc1ccc2c(c1)CCCN2. The predicted octanol–water partition coefficient (Wildman–Crippen LogP) is 2.00. The lowest BCUT2D eigenvalue weighted by Crippen LogP contribution is -2.12. The van der Waals surface area contributed by atoms with Crippen molar-refractivity contribution in [3.8, 4) is 0 Å². The van der Waals surface area contributed by atoms with E-state index in [9.17, 15) is 4.79 Å². The first kappa shape index (κ1) is 9.06. The number of amides is 1. The Labute approximate surface area is 83.5 Å². The van der Waals surface area contributed by atoms with Crippen LogP contribution in [0.1, 0.15) is 18.9 Å². The van der Waals surface area contributed by atoms with Gasteiger partial charge in [-0.1, -0.05) is 0 Å². The Morgan fingerprint density at radius 1 is 1.50 bits per heavy atom. The van der Waals surface area contributed by atoms with Crippen LogP contribution in [-0.2, 0) is 11.2 Å². The van der Waals surface area contributed by atoms with Gasteiger partial charge in [-0.15, -0.1) is 0 Å². The minimum absolute atomic E-state index is 0.0197. The van der Waals surface area contributed by atoms with Crippen molar-refractivity contribution in [3.63, 3.8) is 0 Å². The molecule has 1 aromatic rings. The Bertz CT molecular complexity index is 360. The molecule has 1 aromatic carbocycles. The molecule has 1 aliphatic heterocycles. The van der Waals surface area contributed by atoms with Crippen LogP contribution in [0.25, 0.3) is 0 Å². The van der Waals surface area contributed by atoms with Gasteiger partial charge in [0.1, 0.15) is 0 Å². The second kappa shape index (κ2) is 3.70. The fraction of sp³-hybridized carbons (Fsp3) is 0.364. The van der Waals surface area contributed by atoms with Gasteiger partial charge in [-0.3, -0.25) is 4.79 Å². The normalized spacial score (nSPS) is 14.1. The van der Waals surface area contributed by atoms with E-state index in [1.54, 1.807) is 0 Å². The molecule has 2 rings (SSSR count). The summed E-state index contributed by atoms with van der Waals surface area (Å²) >= 11 is 0. The Morgan fingerprint density at radius 3 is 3.14 bits per heavy atom. The molecule has 0 unspecified atom stereocenters. The van der Waals surface area contributed by atoms with Crippen LogP contribution in [0.4, 0.5) is 11.4 Å². The van der Waals surface area contributed by atoms with E-state index in [-0.39, 0.29) is 5.91 Å². The summed E-state index contributed by atoms with van der Waals surface area (Å²) in [4.78, 5) is 10.9. The summed E-state index contributed by atoms with van der Waals surface area (Å²) < 4.78 is 0. The highest BCUT2D eigenvalue weighted by Crippen LogP contribution is 2.24. The number of fused-ring (bicyclic) bond motifs is 1. The van der Waals surface area contributed by atoms with Crippen LogP contribution >= 0.6 is 0 Å². The number of nitrogens with one attached hydrogen (secondary N) is 2. The molecule has 74 valence electrons. The Kier molecular flexibility index (Phi) is 2.39. The zero-order chi connectivity index (χ0) is 9.97. The van der Waals surface area contributed by atoms with Crippen LogP contribution in [0.3, 0.4) is 0 Å². The molecule has 0 bridgehead atoms. The van der Waals surface area contributed by atoms with E-state index in [1.165, 1.54) is 18.2 Å². The van der Waals surface area contributed by atoms with Crippen LogP contribution in [0.5, 0.6) is 0 Å². The molecule has 1 heterocycles. The lowest BCUT2D eigenvalue weighted by molar-refractivity contribution is -0.114. The van der Waals surface area contributed by atoms with Crippen molar-refractivity contribution in [2.24, 2.45) is 0 Å². The number of hydrogen-bond acceptors (Lipinski definition) is 2. The molecule has 0 saturated carbocycles. The fourth-order valence-corrected chi connectivity index (χ4v) is 1.76. The van der Waals surface area contributed by atoms with Crippen LogP contribution in [0, 0.1) is 0 Å². The van der Waals surface area contributed by atoms with Gasteiger partial charge in [0.25, 0.3) is 0 Å². The quantitative estimate of drug-likeness (QED) is 0.711. The van der Waals surface area contributed by atoms with E-state index >= 15 is 0 Å². The largest absolute Gasteiger partial charge is 0.385 e. The van der Waals surface area contributed by atoms with E-state index in [0.29, 0.717) is 0 Å². The number of carbonyl (C=O) groups is 1. The minimum atomic E-state index is -0.0197. The standard InChI is InChI=1S/C11H14N2O/c1-8(14)13-10-4-5-11-9(7-10)3-2-6-12-11/h4-5,7,12H,2-3,6H2,1H3,(H,13,14). The number of hydrogen-bond donors (Lipinski definition) is 2.